The maximum Gasteiger partial charge on any atom is 0.141 e. The first-order chi connectivity index (χ1) is 8.79. The van der Waals surface area contributed by atoms with Gasteiger partial charge in [0.1, 0.15) is 5.65 Å². The Balaban J connectivity index is 2.09. The van der Waals surface area contributed by atoms with E-state index in [0.717, 1.165) is 23.3 Å². The van der Waals surface area contributed by atoms with E-state index >= 15 is 0 Å². The van der Waals surface area contributed by atoms with Gasteiger partial charge in [0.25, 0.3) is 0 Å². The highest BCUT2D eigenvalue weighted by molar-refractivity contribution is 5.90. The molecule has 4 heteroatoms. The highest BCUT2D eigenvalue weighted by atomic mass is 15.4. The number of nitrogens with one attached hydrogen (secondary N) is 1. The van der Waals surface area contributed by atoms with Gasteiger partial charge in [0.15, 0.2) is 0 Å². The zero-order valence-electron chi connectivity index (χ0n) is 10.3. The number of fused-ring (bicyclic) bond motifs is 1. The highest BCUT2D eigenvalue weighted by Gasteiger charge is 2.10. The second-order valence-electron chi connectivity index (χ2n) is 4.34. The number of aromatic nitrogens is 2. The summed E-state index contributed by atoms with van der Waals surface area (Å²) >= 11 is 0. The van der Waals surface area contributed by atoms with Crippen LogP contribution >= 0.6 is 0 Å². The van der Waals surface area contributed by atoms with Crippen LogP contribution in [-0.4, -0.2) is 16.3 Å². The molecule has 0 bridgehead atoms. The summed E-state index contributed by atoms with van der Waals surface area (Å²) in [4.78, 5) is 0. The Morgan fingerprint density at radius 2 is 1.94 bits per heavy atom. The molecule has 2 aromatic heterocycles. The van der Waals surface area contributed by atoms with Crippen molar-refractivity contribution < 1.29 is 0 Å². The minimum Gasteiger partial charge on any atom is -0.397 e. The molecule has 4 nitrogen and oxygen atoms in total. The fraction of sp³-hybridized carbons (Fsp3) is 0.143. The summed E-state index contributed by atoms with van der Waals surface area (Å²) in [5, 5.41) is 1.08. The van der Waals surface area contributed by atoms with Gasteiger partial charge in [0.05, 0.1) is 5.69 Å². The van der Waals surface area contributed by atoms with E-state index in [0.29, 0.717) is 0 Å². The summed E-state index contributed by atoms with van der Waals surface area (Å²) < 4.78 is 4.14. The topological polar surface area (TPSA) is 47.9 Å². The molecule has 2 heterocycles. The number of nitrogen functional groups attached to an aromatic ring is 1. The molecule has 3 rings (SSSR count). The van der Waals surface area contributed by atoms with Crippen LogP contribution < -0.4 is 11.2 Å². The lowest BCUT2D eigenvalue weighted by Gasteiger charge is -2.08. The molecule has 18 heavy (non-hydrogen) atoms. The van der Waals surface area contributed by atoms with E-state index < -0.39 is 0 Å². The lowest BCUT2D eigenvalue weighted by molar-refractivity contribution is 0.796. The number of benzene rings is 1. The summed E-state index contributed by atoms with van der Waals surface area (Å²) in [7, 11) is 1.90. The predicted molar refractivity (Wildman–Crippen MR) is 75.2 cm³/mol. The Bertz CT molecular complexity index is 664. The molecule has 0 atom stereocenters. The number of nitrogens with two attached hydrogens (primary N) is 1. The molecule has 0 aliphatic carbocycles. The van der Waals surface area contributed by atoms with Crippen molar-refractivity contribution in [1.82, 2.24) is 9.24 Å². The molecule has 3 aromatic rings. The van der Waals surface area contributed by atoms with Gasteiger partial charge in [-0.1, -0.05) is 30.3 Å². The molecule has 0 saturated carbocycles. The minimum atomic E-state index is 0.815. The van der Waals surface area contributed by atoms with Gasteiger partial charge in [-0.05, 0) is 11.6 Å². The van der Waals surface area contributed by atoms with Gasteiger partial charge in [0, 0.05) is 31.4 Å². The van der Waals surface area contributed by atoms with Crippen molar-refractivity contribution in [2.24, 2.45) is 0 Å². The van der Waals surface area contributed by atoms with Crippen LogP contribution in [0.1, 0.15) is 5.56 Å². The molecular weight excluding hydrogens is 224 g/mol. The summed E-state index contributed by atoms with van der Waals surface area (Å²) in [6, 6.07) is 12.4. The molecule has 0 radical (unpaired) electrons. The SMILES string of the molecule is CNn1ccc2c(N)cn(Cc3ccccc3)c21. The number of hydrogen-bond acceptors (Lipinski definition) is 2. The van der Waals surface area contributed by atoms with Crippen LogP contribution in [-0.2, 0) is 6.54 Å². The van der Waals surface area contributed by atoms with E-state index in [2.05, 4.69) is 34.3 Å². The van der Waals surface area contributed by atoms with Crippen LogP contribution in [0.2, 0.25) is 0 Å². The average molecular weight is 240 g/mol. The Morgan fingerprint density at radius 3 is 2.67 bits per heavy atom. The van der Waals surface area contributed by atoms with Crippen molar-refractivity contribution in [2.45, 2.75) is 6.54 Å². The Labute approximate surface area is 106 Å². The van der Waals surface area contributed by atoms with Crippen molar-refractivity contribution in [2.75, 3.05) is 18.2 Å². The fourth-order valence-electron chi connectivity index (χ4n) is 2.32. The van der Waals surface area contributed by atoms with E-state index in [4.69, 9.17) is 5.73 Å². The van der Waals surface area contributed by atoms with Crippen LogP contribution in [0.25, 0.3) is 11.0 Å². The maximum absolute atomic E-state index is 6.04. The Morgan fingerprint density at radius 1 is 1.17 bits per heavy atom. The summed E-state index contributed by atoms with van der Waals surface area (Å²) in [5.74, 6) is 0. The van der Waals surface area contributed by atoms with E-state index in [1.165, 1.54) is 5.56 Å². The lowest BCUT2D eigenvalue weighted by Crippen LogP contribution is -2.10. The number of rotatable bonds is 3. The third kappa shape index (κ3) is 1.62. The smallest absolute Gasteiger partial charge is 0.141 e. The van der Waals surface area contributed by atoms with Crippen LogP contribution in [0.3, 0.4) is 0 Å². The highest BCUT2D eigenvalue weighted by Crippen LogP contribution is 2.24. The molecule has 0 amide bonds. The lowest BCUT2D eigenvalue weighted by atomic mass is 10.2. The van der Waals surface area contributed by atoms with Gasteiger partial charge in [-0.25, -0.2) is 0 Å². The zero-order valence-corrected chi connectivity index (χ0v) is 10.3. The quantitative estimate of drug-likeness (QED) is 0.737. The second kappa shape index (κ2) is 4.14. The van der Waals surface area contributed by atoms with E-state index in [1.807, 2.05) is 36.3 Å². The van der Waals surface area contributed by atoms with Crippen LogP contribution in [0.5, 0.6) is 0 Å². The Hall–Kier alpha value is -2.36. The van der Waals surface area contributed by atoms with E-state index in [9.17, 15) is 0 Å². The largest absolute Gasteiger partial charge is 0.397 e. The van der Waals surface area contributed by atoms with Crippen LogP contribution in [0.4, 0.5) is 5.69 Å². The molecule has 0 aliphatic heterocycles. The molecule has 0 spiro atoms. The Kier molecular flexibility index (Phi) is 2.48. The van der Waals surface area contributed by atoms with Gasteiger partial charge >= 0.3 is 0 Å². The molecule has 0 aliphatic rings. The number of anilines is 1. The molecule has 0 fully saturated rings. The summed E-state index contributed by atoms with van der Waals surface area (Å²) in [6.07, 6.45) is 3.98. The monoisotopic (exact) mass is 240 g/mol. The van der Waals surface area contributed by atoms with Gasteiger partial charge in [0.2, 0.25) is 0 Å². The normalized spacial score (nSPS) is 10.9. The molecule has 0 unspecified atom stereocenters. The number of hydrogen-bond donors (Lipinski definition) is 2. The van der Waals surface area contributed by atoms with Gasteiger partial charge in [-0.3, -0.25) is 4.68 Å². The van der Waals surface area contributed by atoms with Crippen molar-refractivity contribution in [3.8, 4) is 0 Å². The van der Waals surface area contributed by atoms with Crippen molar-refractivity contribution in [3.63, 3.8) is 0 Å². The fourth-order valence-corrected chi connectivity index (χ4v) is 2.32. The second-order valence-corrected chi connectivity index (χ2v) is 4.34. The zero-order chi connectivity index (χ0) is 12.5. The third-order valence-electron chi connectivity index (χ3n) is 3.17. The van der Waals surface area contributed by atoms with E-state index in [-0.39, 0.29) is 0 Å². The maximum atomic E-state index is 6.04. The van der Waals surface area contributed by atoms with Gasteiger partial charge in [-0.15, -0.1) is 0 Å². The first-order valence-electron chi connectivity index (χ1n) is 5.97. The van der Waals surface area contributed by atoms with Crippen molar-refractivity contribution >= 4 is 16.7 Å². The average Bonchev–Trinajstić information content (AvgIpc) is 2.94. The van der Waals surface area contributed by atoms with Crippen molar-refractivity contribution in [3.05, 3.63) is 54.4 Å². The van der Waals surface area contributed by atoms with Crippen LogP contribution in [0.15, 0.2) is 48.8 Å². The third-order valence-corrected chi connectivity index (χ3v) is 3.17. The first-order valence-corrected chi connectivity index (χ1v) is 5.97. The predicted octanol–water partition coefficient (Wildman–Crippen LogP) is 2.25. The molecule has 3 N–H and O–H groups in total. The van der Waals surface area contributed by atoms with Crippen molar-refractivity contribution in [1.29, 1.82) is 0 Å². The minimum absolute atomic E-state index is 0.815. The number of nitrogens with zero attached hydrogens (tertiary/aromatic N) is 2. The van der Waals surface area contributed by atoms with Gasteiger partial charge in [-0.2, -0.15) is 0 Å². The molecule has 92 valence electrons. The molecule has 0 saturated heterocycles. The summed E-state index contributed by atoms with van der Waals surface area (Å²) in [6.45, 7) is 0.820. The van der Waals surface area contributed by atoms with E-state index in [1.54, 1.807) is 0 Å². The van der Waals surface area contributed by atoms with Gasteiger partial charge < -0.3 is 15.7 Å². The standard InChI is InChI=1S/C14H16N4/c1-16-18-8-7-12-13(15)10-17(14(12)18)9-11-5-3-2-4-6-11/h2-8,10,16H,9,15H2,1H3. The molecular formula is C14H16N4. The molecule has 1 aromatic carbocycles. The summed E-state index contributed by atoms with van der Waals surface area (Å²) in [5.41, 5.74) is 12.3. The first kappa shape index (κ1) is 10.8. The van der Waals surface area contributed by atoms with Crippen LogP contribution in [0, 0.1) is 0 Å².